The molecule has 3 N–H and O–H groups in total. The molecule has 2 rings (SSSR count). The van der Waals surface area contributed by atoms with Gasteiger partial charge in [-0.2, -0.15) is 0 Å². The molecule has 1 heterocycles. The summed E-state index contributed by atoms with van der Waals surface area (Å²) in [5, 5.41) is 3.52. The Morgan fingerprint density at radius 1 is 1.29 bits per heavy atom. The Kier molecular flexibility index (Phi) is 3.54. The van der Waals surface area contributed by atoms with Crippen LogP contribution in [0.5, 0.6) is 0 Å². The molecule has 3 nitrogen and oxygen atoms in total. The number of rotatable bonds is 2. The van der Waals surface area contributed by atoms with Crippen LogP contribution in [0.4, 0.5) is 17.2 Å². The highest BCUT2D eigenvalue weighted by atomic mass is 79.9. The van der Waals surface area contributed by atoms with Crippen molar-refractivity contribution >= 4 is 44.7 Å². The summed E-state index contributed by atoms with van der Waals surface area (Å²) < 4.78 is 1.04. The Morgan fingerprint density at radius 2 is 2.06 bits per heavy atom. The van der Waals surface area contributed by atoms with E-state index in [4.69, 9.17) is 17.3 Å². The van der Waals surface area contributed by atoms with Crippen LogP contribution in [0.1, 0.15) is 5.56 Å². The van der Waals surface area contributed by atoms with Gasteiger partial charge < -0.3 is 11.1 Å². The van der Waals surface area contributed by atoms with Gasteiger partial charge in [0.2, 0.25) is 0 Å². The Hall–Kier alpha value is -1.26. The van der Waals surface area contributed by atoms with E-state index in [1.807, 2.05) is 25.1 Å². The Bertz CT molecular complexity index is 537. The molecular formula is C12H11BrClN3. The summed E-state index contributed by atoms with van der Waals surface area (Å²) in [6.45, 7) is 2.03. The van der Waals surface area contributed by atoms with E-state index < -0.39 is 0 Å². The maximum atomic E-state index is 5.83. The number of nitrogens with two attached hydrogens (primary N) is 1. The van der Waals surface area contributed by atoms with Crippen molar-refractivity contribution in [2.24, 2.45) is 0 Å². The van der Waals surface area contributed by atoms with Gasteiger partial charge in [0.1, 0.15) is 11.0 Å². The topological polar surface area (TPSA) is 50.9 Å². The number of aromatic nitrogens is 1. The average Bonchev–Trinajstić information content (AvgIpc) is 2.22. The molecule has 0 radical (unpaired) electrons. The molecule has 2 aromatic rings. The zero-order chi connectivity index (χ0) is 12.4. The summed E-state index contributed by atoms with van der Waals surface area (Å²) >= 11 is 9.31. The molecule has 0 aliphatic rings. The van der Waals surface area contributed by atoms with E-state index in [2.05, 4.69) is 26.2 Å². The fourth-order valence-corrected chi connectivity index (χ4v) is 2.00. The summed E-state index contributed by atoms with van der Waals surface area (Å²) in [6, 6.07) is 9.31. The van der Waals surface area contributed by atoms with Gasteiger partial charge in [-0.05, 0) is 30.7 Å². The molecular weight excluding hydrogens is 302 g/mol. The molecule has 0 atom stereocenters. The first-order valence-electron chi connectivity index (χ1n) is 5.01. The minimum Gasteiger partial charge on any atom is -0.399 e. The minimum atomic E-state index is 0.374. The predicted molar refractivity (Wildman–Crippen MR) is 75.8 cm³/mol. The summed E-state index contributed by atoms with van der Waals surface area (Å²) in [6.07, 6.45) is 0. The number of aryl methyl sites for hydroxylation is 1. The van der Waals surface area contributed by atoms with Gasteiger partial charge >= 0.3 is 0 Å². The number of halogens is 2. The fraction of sp³-hybridized carbons (Fsp3) is 0.0833. The van der Waals surface area contributed by atoms with E-state index in [1.165, 1.54) is 5.56 Å². The first kappa shape index (κ1) is 12.2. The molecule has 0 aliphatic carbocycles. The summed E-state index contributed by atoms with van der Waals surface area (Å²) in [4.78, 5) is 4.14. The van der Waals surface area contributed by atoms with Crippen LogP contribution in [-0.4, -0.2) is 4.98 Å². The lowest BCUT2D eigenvalue weighted by atomic mass is 10.2. The van der Waals surface area contributed by atoms with E-state index in [0.717, 1.165) is 10.2 Å². The highest BCUT2D eigenvalue weighted by Gasteiger charge is 2.01. The monoisotopic (exact) mass is 311 g/mol. The zero-order valence-corrected chi connectivity index (χ0v) is 11.5. The molecule has 0 aliphatic heterocycles. The number of hydrogen-bond donors (Lipinski definition) is 2. The van der Waals surface area contributed by atoms with E-state index in [-0.39, 0.29) is 0 Å². The molecule has 0 fully saturated rings. The number of pyridine rings is 1. The van der Waals surface area contributed by atoms with Gasteiger partial charge in [0.05, 0.1) is 0 Å². The maximum Gasteiger partial charge on any atom is 0.134 e. The molecule has 0 spiro atoms. The van der Waals surface area contributed by atoms with Gasteiger partial charge in [0.15, 0.2) is 0 Å². The van der Waals surface area contributed by atoms with Crippen LogP contribution in [0.15, 0.2) is 34.8 Å². The second-order valence-electron chi connectivity index (χ2n) is 3.70. The Balaban J connectivity index is 2.28. The van der Waals surface area contributed by atoms with Crippen molar-refractivity contribution in [3.05, 3.63) is 45.5 Å². The first-order valence-corrected chi connectivity index (χ1v) is 6.18. The van der Waals surface area contributed by atoms with E-state index in [0.29, 0.717) is 16.7 Å². The van der Waals surface area contributed by atoms with Gasteiger partial charge in [-0.1, -0.05) is 33.6 Å². The van der Waals surface area contributed by atoms with Crippen molar-refractivity contribution in [2.45, 2.75) is 6.92 Å². The largest absolute Gasteiger partial charge is 0.399 e. The summed E-state index contributed by atoms with van der Waals surface area (Å²) in [5.74, 6) is 0.630. The van der Waals surface area contributed by atoms with Crippen LogP contribution < -0.4 is 11.1 Å². The number of nitrogen functional groups attached to an aromatic ring is 1. The molecule has 0 saturated heterocycles. The molecule has 0 saturated carbocycles. The lowest BCUT2D eigenvalue weighted by molar-refractivity contribution is 1.30. The highest BCUT2D eigenvalue weighted by Crippen LogP contribution is 2.24. The number of anilines is 3. The third kappa shape index (κ3) is 3.11. The highest BCUT2D eigenvalue weighted by molar-refractivity contribution is 9.10. The summed E-state index contributed by atoms with van der Waals surface area (Å²) in [5.41, 5.74) is 8.38. The van der Waals surface area contributed by atoms with Crippen LogP contribution in [0.3, 0.4) is 0 Å². The quantitative estimate of drug-likeness (QED) is 0.820. The van der Waals surface area contributed by atoms with E-state index in [9.17, 15) is 0 Å². The normalized spacial score (nSPS) is 10.3. The van der Waals surface area contributed by atoms with Crippen molar-refractivity contribution in [1.29, 1.82) is 0 Å². The number of hydrogen-bond acceptors (Lipinski definition) is 3. The maximum absolute atomic E-state index is 5.83. The summed E-state index contributed by atoms with van der Waals surface area (Å²) in [7, 11) is 0. The van der Waals surface area contributed by atoms with Crippen LogP contribution in [0.2, 0.25) is 5.15 Å². The molecule has 88 valence electrons. The SMILES string of the molecule is Cc1ccc(Nc2cc(N)cc(Cl)n2)cc1Br. The predicted octanol–water partition coefficient (Wildman–Crippen LogP) is 4.13. The number of nitrogens with one attached hydrogen (secondary N) is 1. The van der Waals surface area contributed by atoms with Crippen LogP contribution in [-0.2, 0) is 0 Å². The smallest absolute Gasteiger partial charge is 0.134 e. The van der Waals surface area contributed by atoms with Gasteiger partial charge in [0, 0.05) is 21.9 Å². The Morgan fingerprint density at radius 3 is 2.71 bits per heavy atom. The first-order chi connectivity index (χ1) is 8.04. The van der Waals surface area contributed by atoms with Crippen LogP contribution in [0, 0.1) is 6.92 Å². The minimum absolute atomic E-state index is 0.374. The molecule has 0 amide bonds. The van der Waals surface area contributed by atoms with E-state index >= 15 is 0 Å². The zero-order valence-electron chi connectivity index (χ0n) is 9.17. The molecule has 1 aromatic heterocycles. The third-order valence-electron chi connectivity index (χ3n) is 2.26. The lowest BCUT2D eigenvalue weighted by Gasteiger charge is -2.08. The molecule has 17 heavy (non-hydrogen) atoms. The number of benzene rings is 1. The third-order valence-corrected chi connectivity index (χ3v) is 3.31. The van der Waals surface area contributed by atoms with Gasteiger partial charge in [-0.25, -0.2) is 4.98 Å². The van der Waals surface area contributed by atoms with Gasteiger partial charge in [-0.3, -0.25) is 0 Å². The second kappa shape index (κ2) is 4.94. The molecule has 1 aromatic carbocycles. The van der Waals surface area contributed by atoms with Gasteiger partial charge in [0.25, 0.3) is 0 Å². The molecule has 0 unspecified atom stereocenters. The van der Waals surface area contributed by atoms with Crippen molar-refractivity contribution < 1.29 is 0 Å². The fourth-order valence-electron chi connectivity index (χ4n) is 1.40. The van der Waals surface area contributed by atoms with Crippen LogP contribution in [0.25, 0.3) is 0 Å². The molecule has 0 bridgehead atoms. The van der Waals surface area contributed by atoms with E-state index in [1.54, 1.807) is 12.1 Å². The van der Waals surface area contributed by atoms with Crippen molar-refractivity contribution in [1.82, 2.24) is 4.98 Å². The standard InChI is InChI=1S/C12H11BrClN3/c1-7-2-3-9(6-10(7)13)16-12-5-8(15)4-11(14)17-12/h2-6H,1H3,(H3,15,16,17). The Labute approximate surface area is 113 Å². The number of nitrogens with zero attached hydrogens (tertiary/aromatic N) is 1. The van der Waals surface area contributed by atoms with Crippen molar-refractivity contribution in [3.63, 3.8) is 0 Å². The van der Waals surface area contributed by atoms with Crippen molar-refractivity contribution in [3.8, 4) is 0 Å². The average molecular weight is 313 g/mol. The van der Waals surface area contributed by atoms with Crippen LogP contribution >= 0.6 is 27.5 Å². The lowest BCUT2D eigenvalue weighted by Crippen LogP contribution is -1.96. The second-order valence-corrected chi connectivity index (χ2v) is 4.94. The van der Waals surface area contributed by atoms with Gasteiger partial charge in [-0.15, -0.1) is 0 Å². The van der Waals surface area contributed by atoms with Crippen molar-refractivity contribution in [2.75, 3.05) is 11.1 Å². The molecule has 5 heteroatoms.